The number of nitrogens with one attached hydrogen (secondary N) is 1. The third kappa shape index (κ3) is 3.97. The van der Waals surface area contributed by atoms with Crippen molar-refractivity contribution in [1.29, 1.82) is 0 Å². The van der Waals surface area contributed by atoms with Crippen LogP contribution in [0.4, 0.5) is 4.39 Å². The first-order chi connectivity index (χ1) is 5.43. The molecular weight excluding hydrogens is 161 g/mol. The number of hydrogen-bond acceptors (Lipinski definition) is 2. The maximum Gasteiger partial charge on any atom is 0.0902 e. The Bertz CT molecular complexity index is 94.1. The molecule has 1 nitrogen and oxygen atoms in total. The summed E-state index contributed by atoms with van der Waals surface area (Å²) < 4.78 is 11.7. The first-order valence-electron chi connectivity index (χ1n) is 4.32. The molecule has 1 unspecified atom stereocenters. The number of thioether (sulfide) groups is 1. The van der Waals surface area contributed by atoms with Crippen molar-refractivity contribution in [3.63, 3.8) is 0 Å². The molecule has 1 rings (SSSR count). The van der Waals surface area contributed by atoms with Crippen LogP contribution in [0.25, 0.3) is 0 Å². The van der Waals surface area contributed by atoms with E-state index >= 15 is 0 Å². The maximum atomic E-state index is 11.7. The smallest absolute Gasteiger partial charge is 0.0902 e. The average molecular weight is 177 g/mol. The molecule has 1 saturated heterocycles. The summed E-state index contributed by atoms with van der Waals surface area (Å²) in [5.41, 5.74) is 0. The summed E-state index contributed by atoms with van der Waals surface area (Å²) in [5, 5.41) is 4.09. The van der Waals surface area contributed by atoms with Crippen molar-refractivity contribution < 1.29 is 4.39 Å². The summed E-state index contributed by atoms with van der Waals surface area (Å²) in [7, 11) is 0. The van der Waals surface area contributed by atoms with E-state index in [4.69, 9.17) is 0 Å². The summed E-state index contributed by atoms with van der Waals surface area (Å²) in [6.45, 7) is 2.13. The third-order valence-corrected chi connectivity index (χ3v) is 3.28. The van der Waals surface area contributed by atoms with Gasteiger partial charge in [0.2, 0.25) is 0 Å². The van der Waals surface area contributed by atoms with E-state index < -0.39 is 0 Å². The molecule has 3 heteroatoms. The zero-order chi connectivity index (χ0) is 7.94. The molecule has 66 valence electrons. The second-order valence-electron chi connectivity index (χ2n) is 2.88. The fraction of sp³-hybridized carbons (Fsp3) is 1.00. The van der Waals surface area contributed by atoms with Gasteiger partial charge in [-0.2, -0.15) is 11.8 Å². The summed E-state index contributed by atoms with van der Waals surface area (Å²) in [5.74, 6) is 0.989. The highest BCUT2D eigenvalue weighted by Crippen LogP contribution is 2.18. The molecule has 0 bridgehead atoms. The molecule has 11 heavy (non-hydrogen) atoms. The molecule has 1 N–H and O–H groups in total. The number of piperidine rings is 1. The number of halogens is 1. The SMILES string of the molecule is FCCCSC1CCCNC1. The first kappa shape index (κ1) is 9.33. The Morgan fingerprint density at radius 3 is 3.09 bits per heavy atom. The second kappa shape index (κ2) is 5.84. The monoisotopic (exact) mass is 177 g/mol. The van der Waals surface area contributed by atoms with E-state index in [9.17, 15) is 4.39 Å². The Labute approximate surface area is 72.1 Å². The lowest BCUT2D eigenvalue weighted by atomic mass is 10.2. The van der Waals surface area contributed by atoms with Crippen LogP contribution >= 0.6 is 11.8 Å². The van der Waals surface area contributed by atoms with E-state index in [1.165, 1.54) is 19.4 Å². The predicted octanol–water partition coefficient (Wildman–Crippen LogP) is 1.83. The van der Waals surface area contributed by atoms with Gasteiger partial charge in [-0.1, -0.05) is 0 Å². The summed E-state index contributed by atoms with van der Waals surface area (Å²) in [6, 6.07) is 0. The van der Waals surface area contributed by atoms with Crippen LogP contribution in [0.15, 0.2) is 0 Å². The zero-order valence-corrected chi connectivity index (χ0v) is 7.63. The van der Waals surface area contributed by atoms with Gasteiger partial charge in [0.25, 0.3) is 0 Å². The van der Waals surface area contributed by atoms with Crippen molar-refractivity contribution in [2.75, 3.05) is 25.5 Å². The normalized spacial score (nSPS) is 25.4. The largest absolute Gasteiger partial charge is 0.316 e. The molecule has 1 atom stereocenters. The minimum absolute atomic E-state index is 0.160. The van der Waals surface area contributed by atoms with E-state index in [1.54, 1.807) is 0 Å². The summed E-state index contributed by atoms with van der Waals surface area (Å²) in [4.78, 5) is 0. The third-order valence-electron chi connectivity index (χ3n) is 1.88. The van der Waals surface area contributed by atoms with Gasteiger partial charge in [0.1, 0.15) is 0 Å². The lowest BCUT2D eigenvalue weighted by molar-refractivity contribution is 0.488. The van der Waals surface area contributed by atoms with Gasteiger partial charge in [-0.15, -0.1) is 0 Å². The molecule has 1 heterocycles. The number of alkyl halides is 1. The minimum atomic E-state index is -0.160. The van der Waals surface area contributed by atoms with Crippen molar-refractivity contribution in [3.8, 4) is 0 Å². The van der Waals surface area contributed by atoms with Crippen LogP contribution in [-0.2, 0) is 0 Å². The van der Waals surface area contributed by atoms with E-state index in [2.05, 4.69) is 5.32 Å². The Morgan fingerprint density at radius 2 is 2.45 bits per heavy atom. The van der Waals surface area contributed by atoms with Gasteiger partial charge in [0, 0.05) is 11.8 Å². The topological polar surface area (TPSA) is 12.0 Å². The summed E-state index contributed by atoms with van der Waals surface area (Å²) in [6.07, 6.45) is 3.32. The lowest BCUT2D eigenvalue weighted by Gasteiger charge is -2.21. The van der Waals surface area contributed by atoms with E-state index in [0.717, 1.165) is 24.0 Å². The zero-order valence-electron chi connectivity index (χ0n) is 6.81. The predicted molar refractivity (Wildman–Crippen MR) is 48.9 cm³/mol. The molecule has 0 aromatic carbocycles. The van der Waals surface area contributed by atoms with Crippen LogP contribution in [-0.4, -0.2) is 30.8 Å². The van der Waals surface area contributed by atoms with Gasteiger partial charge in [-0.3, -0.25) is 4.39 Å². The van der Waals surface area contributed by atoms with Crippen molar-refractivity contribution in [2.24, 2.45) is 0 Å². The van der Waals surface area contributed by atoms with E-state index in [0.29, 0.717) is 0 Å². The van der Waals surface area contributed by atoms with Crippen molar-refractivity contribution in [2.45, 2.75) is 24.5 Å². The molecule has 0 radical (unpaired) electrons. The van der Waals surface area contributed by atoms with Crippen molar-refractivity contribution in [1.82, 2.24) is 5.32 Å². The lowest BCUT2D eigenvalue weighted by Crippen LogP contribution is -2.31. The molecule has 0 saturated carbocycles. The average Bonchev–Trinajstić information content (AvgIpc) is 2.07. The van der Waals surface area contributed by atoms with Crippen LogP contribution in [0.1, 0.15) is 19.3 Å². The van der Waals surface area contributed by atoms with Gasteiger partial charge < -0.3 is 5.32 Å². The fourth-order valence-electron chi connectivity index (χ4n) is 1.27. The van der Waals surface area contributed by atoms with Gasteiger partial charge in [-0.05, 0) is 31.6 Å². The standard InChI is InChI=1S/C8H16FNS/c9-4-2-6-11-8-3-1-5-10-7-8/h8,10H,1-7H2. The molecule has 1 aliphatic rings. The highest BCUT2D eigenvalue weighted by molar-refractivity contribution is 7.99. The Hall–Kier alpha value is 0.240. The highest BCUT2D eigenvalue weighted by atomic mass is 32.2. The quantitative estimate of drug-likeness (QED) is 0.657. The molecule has 1 fully saturated rings. The maximum absolute atomic E-state index is 11.7. The van der Waals surface area contributed by atoms with Crippen LogP contribution in [0, 0.1) is 0 Å². The number of hydrogen-bond donors (Lipinski definition) is 1. The van der Waals surface area contributed by atoms with Gasteiger partial charge in [-0.25, -0.2) is 0 Å². The summed E-state index contributed by atoms with van der Waals surface area (Å²) >= 11 is 1.92. The molecular formula is C8H16FNS. The van der Waals surface area contributed by atoms with Crippen molar-refractivity contribution in [3.05, 3.63) is 0 Å². The molecule has 1 aliphatic heterocycles. The highest BCUT2D eigenvalue weighted by Gasteiger charge is 2.11. The Morgan fingerprint density at radius 1 is 1.55 bits per heavy atom. The molecule has 0 aliphatic carbocycles. The van der Waals surface area contributed by atoms with Crippen LogP contribution in [0.2, 0.25) is 0 Å². The van der Waals surface area contributed by atoms with Crippen molar-refractivity contribution >= 4 is 11.8 Å². The van der Waals surface area contributed by atoms with Crippen LogP contribution in [0.5, 0.6) is 0 Å². The van der Waals surface area contributed by atoms with E-state index in [-0.39, 0.29) is 6.67 Å². The van der Waals surface area contributed by atoms with E-state index in [1.807, 2.05) is 11.8 Å². The second-order valence-corrected chi connectivity index (χ2v) is 4.29. The Balaban J connectivity index is 1.96. The minimum Gasteiger partial charge on any atom is -0.316 e. The van der Waals surface area contributed by atoms with Crippen LogP contribution < -0.4 is 5.32 Å². The van der Waals surface area contributed by atoms with Gasteiger partial charge in [0.05, 0.1) is 6.67 Å². The van der Waals surface area contributed by atoms with Gasteiger partial charge >= 0.3 is 0 Å². The first-order valence-corrected chi connectivity index (χ1v) is 5.36. The molecule has 0 amide bonds. The number of rotatable bonds is 4. The van der Waals surface area contributed by atoms with Gasteiger partial charge in [0.15, 0.2) is 0 Å². The molecule has 0 aromatic heterocycles. The van der Waals surface area contributed by atoms with Crippen LogP contribution in [0.3, 0.4) is 0 Å². The molecule has 0 aromatic rings. The molecule has 0 spiro atoms. The fourth-order valence-corrected chi connectivity index (χ4v) is 2.44. The Kier molecular flexibility index (Phi) is 4.95.